The van der Waals surface area contributed by atoms with Crippen molar-refractivity contribution in [1.29, 1.82) is 0 Å². The molecule has 0 aromatic heterocycles. The predicted molar refractivity (Wildman–Crippen MR) is 70.1 cm³/mol. The highest BCUT2D eigenvalue weighted by Crippen LogP contribution is 2.37. The maximum absolute atomic E-state index is 9.98. The molecule has 0 amide bonds. The van der Waals surface area contributed by atoms with E-state index in [-0.39, 0.29) is 12.5 Å². The van der Waals surface area contributed by atoms with Gasteiger partial charge in [-0.3, -0.25) is 4.90 Å². The first-order valence-electron chi connectivity index (χ1n) is 6.58. The highest BCUT2D eigenvalue weighted by atomic mass is 16.7. The average molecular weight is 251 g/mol. The number of benzene rings is 1. The molecular weight excluding hydrogens is 230 g/mol. The fourth-order valence-corrected chi connectivity index (χ4v) is 2.07. The van der Waals surface area contributed by atoms with E-state index in [4.69, 9.17) is 9.47 Å². The van der Waals surface area contributed by atoms with E-state index in [1.807, 2.05) is 6.07 Å². The van der Waals surface area contributed by atoms with E-state index < -0.39 is 0 Å². The van der Waals surface area contributed by atoms with Crippen LogP contribution in [0.2, 0.25) is 0 Å². The van der Waals surface area contributed by atoms with Gasteiger partial charge in [0.1, 0.15) is 5.75 Å². The van der Waals surface area contributed by atoms with Gasteiger partial charge in [-0.15, -0.1) is 0 Å². The molecule has 1 heterocycles. The van der Waals surface area contributed by atoms with Crippen molar-refractivity contribution in [3.8, 4) is 17.2 Å². The van der Waals surface area contributed by atoms with Gasteiger partial charge in [0, 0.05) is 18.2 Å². The van der Waals surface area contributed by atoms with Gasteiger partial charge < -0.3 is 14.6 Å². The van der Waals surface area contributed by atoms with Crippen LogP contribution in [-0.2, 0) is 6.54 Å². The Balaban J connectivity index is 2.08. The van der Waals surface area contributed by atoms with Gasteiger partial charge in [0.2, 0.25) is 6.79 Å². The van der Waals surface area contributed by atoms with Crippen molar-refractivity contribution in [2.24, 2.45) is 0 Å². The predicted octanol–water partition coefficient (Wildman–Crippen LogP) is 2.74. The van der Waals surface area contributed by atoms with E-state index in [0.29, 0.717) is 5.75 Å². The molecule has 0 atom stereocenters. The number of hydrogen-bond acceptors (Lipinski definition) is 4. The minimum absolute atomic E-state index is 0.242. The summed E-state index contributed by atoms with van der Waals surface area (Å²) in [5.41, 5.74) is 0.900. The number of unbranched alkanes of at least 4 members (excludes halogenated alkanes) is 1. The van der Waals surface area contributed by atoms with Gasteiger partial charge in [0.25, 0.3) is 0 Å². The average Bonchev–Trinajstić information content (AvgIpc) is 2.81. The van der Waals surface area contributed by atoms with E-state index in [1.165, 1.54) is 12.8 Å². The molecule has 4 nitrogen and oxygen atoms in total. The van der Waals surface area contributed by atoms with Crippen LogP contribution < -0.4 is 9.47 Å². The Kier molecular flexibility index (Phi) is 4.31. The summed E-state index contributed by atoms with van der Waals surface area (Å²) in [6, 6.07) is 3.53. The molecule has 1 aromatic rings. The number of phenolic OH excluding ortho intramolecular Hbond substituents is 1. The molecule has 1 N–H and O–H groups in total. The van der Waals surface area contributed by atoms with Crippen LogP contribution in [0, 0.1) is 0 Å². The zero-order chi connectivity index (χ0) is 13.0. The molecule has 0 unspecified atom stereocenters. The molecule has 2 rings (SSSR count). The molecule has 0 radical (unpaired) electrons. The first-order chi connectivity index (χ1) is 8.74. The third kappa shape index (κ3) is 2.88. The van der Waals surface area contributed by atoms with Crippen LogP contribution >= 0.6 is 0 Å². The van der Waals surface area contributed by atoms with Crippen molar-refractivity contribution in [1.82, 2.24) is 4.90 Å². The third-order valence-corrected chi connectivity index (χ3v) is 3.24. The first kappa shape index (κ1) is 13.0. The second-order valence-electron chi connectivity index (χ2n) is 4.56. The standard InChI is InChI=1S/C14H21NO3/c1-3-5-6-15(4-2)9-11-7-13-14(8-12(11)16)18-10-17-13/h7-8,16H,3-6,9-10H2,1-2H3. The van der Waals surface area contributed by atoms with Crippen LogP contribution in [-0.4, -0.2) is 29.9 Å². The summed E-state index contributed by atoms with van der Waals surface area (Å²) in [6.07, 6.45) is 2.36. The van der Waals surface area contributed by atoms with Crippen molar-refractivity contribution < 1.29 is 14.6 Å². The van der Waals surface area contributed by atoms with E-state index in [1.54, 1.807) is 6.07 Å². The molecule has 4 heteroatoms. The minimum atomic E-state index is 0.242. The largest absolute Gasteiger partial charge is 0.507 e. The lowest BCUT2D eigenvalue weighted by atomic mass is 10.1. The first-order valence-corrected chi connectivity index (χ1v) is 6.58. The second-order valence-corrected chi connectivity index (χ2v) is 4.56. The molecule has 1 aliphatic heterocycles. The highest BCUT2D eigenvalue weighted by molar-refractivity contribution is 5.51. The minimum Gasteiger partial charge on any atom is -0.507 e. The highest BCUT2D eigenvalue weighted by Gasteiger charge is 2.17. The summed E-state index contributed by atoms with van der Waals surface area (Å²) in [5, 5.41) is 9.98. The Bertz CT molecular complexity index is 406. The lowest BCUT2D eigenvalue weighted by molar-refractivity contribution is 0.174. The molecule has 100 valence electrons. The molecular formula is C14H21NO3. The van der Waals surface area contributed by atoms with Gasteiger partial charge in [-0.1, -0.05) is 20.3 Å². The molecule has 0 saturated heterocycles. The number of hydrogen-bond donors (Lipinski definition) is 1. The molecule has 0 aliphatic carbocycles. The van der Waals surface area contributed by atoms with Gasteiger partial charge in [0.15, 0.2) is 11.5 Å². The van der Waals surface area contributed by atoms with Crippen LogP contribution in [0.15, 0.2) is 12.1 Å². The number of ether oxygens (including phenoxy) is 2. The molecule has 1 aliphatic rings. The summed E-state index contributed by atoms with van der Waals surface area (Å²) < 4.78 is 10.6. The Morgan fingerprint density at radius 2 is 1.94 bits per heavy atom. The Labute approximate surface area is 108 Å². The second kappa shape index (κ2) is 5.96. The molecule has 0 spiro atoms. The van der Waals surface area contributed by atoms with Crippen LogP contribution in [0.1, 0.15) is 32.3 Å². The Morgan fingerprint density at radius 1 is 1.22 bits per heavy atom. The summed E-state index contributed by atoms with van der Waals surface area (Å²) in [5.74, 6) is 1.65. The maximum atomic E-state index is 9.98. The van der Waals surface area contributed by atoms with Crippen molar-refractivity contribution >= 4 is 0 Å². The van der Waals surface area contributed by atoms with E-state index in [0.717, 1.165) is 30.9 Å². The van der Waals surface area contributed by atoms with Crippen LogP contribution in [0.25, 0.3) is 0 Å². The molecule has 0 bridgehead atoms. The zero-order valence-corrected chi connectivity index (χ0v) is 11.1. The maximum Gasteiger partial charge on any atom is 0.231 e. The van der Waals surface area contributed by atoms with Crippen LogP contribution in [0.4, 0.5) is 0 Å². The summed E-state index contributed by atoms with van der Waals surface area (Å²) in [7, 11) is 0. The number of aromatic hydroxyl groups is 1. The van der Waals surface area contributed by atoms with Gasteiger partial charge in [-0.25, -0.2) is 0 Å². The fraction of sp³-hybridized carbons (Fsp3) is 0.571. The molecule has 0 saturated carbocycles. The van der Waals surface area contributed by atoms with Crippen molar-refractivity contribution in [2.75, 3.05) is 19.9 Å². The Hall–Kier alpha value is -1.42. The number of fused-ring (bicyclic) bond motifs is 1. The van der Waals surface area contributed by atoms with Gasteiger partial charge in [0.05, 0.1) is 0 Å². The quantitative estimate of drug-likeness (QED) is 0.844. The fourth-order valence-electron chi connectivity index (χ4n) is 2.07. The summed E-state index contributed by atoms with van der Waals surface area (Å²) in [6.45, 7) is 7.35. The van der Waals surface area contributed by atoms with Crippen LogP contribution in [0.5, 0.6) is 17.2 Å². The zero-order valence-electron chi connectivity index (χ0n) is 11.1. The number of phenols is 1. The van der Waals surface area contributed by atoms with E-state index >= 15 is 0 Å². The molecule has 18 heavy (non-hydrogen) atoms. The lowest BCUT2D eigenvalue weighted by Crippen LogP contribution is -2.23. The van der Waals surface area contributed by atoms with Crippen molar-refractivity contribution in [3.05, 3.63) is 17.7 Å². The summed E-state index contributed by atoms with van der Waals surface area (Å²) in [4.78, 5) is 2.32. The van der Waals surface area contributed by atoms with E-state index in [9.17, 15) is 5.11 Å². The molecule has 1 aromatic carbocycles. The number of nitrogens with zero attached hydrogens (tertiary/aromatic N) is 1. The summed E-state index contributed by atoms with van der Waals surface area (Å²) >= 11 is 0. The van der Waals surface area contributed by atoms with Gasteiger partial charge >= 0.3 is 0 Å². The molecule has 0 fully saturated rings. The SMILES string of the molecule is CCCCN(CC)Cc1cc2c(cc1O)OCO2. The third-order valence-electron chi connectivity index (χ3n) is 3.24. The normalized spacial score (nSPS) is 13.3. The van der Waals surface area contributed by atoms with Crippen molar-refractivity contribution in [3.63, 3.8) is 0 Å². The monoisotopic (exact) mass is 251 g/mol. The topological polar surface area (TPSA) is 41.9 Å². The van der Waals surface area contributed by atoms with Gasteiger partial charge in [-0.2, -0.15) is 0 Å². The lowest BCUT2D eigenvalue weighted by Gasteiger charge is -2.20. The smallest absolute Gasteiger partial charge is 0.231 e. The van der Waals surface area contributed by atoms with Gasteiger partial charge in [-0.05, 0) is 25.6 Å². The van der Waals surface area contributed by atoms with Crippen molar-refractivity contribution in [2.45, 2.75) is 33.2 Å². The Morgan fingerprint density at radius 3 is 2.61 bits per heavy atom. The van der Waals surface area contributed by atoms with Crippen LogP contribution in [0.3, 0.4) is 0 Å². The number of rotatable bonds is 6. The van der Waals surface area contributed by atoms with E-state index in [2.05, 4.69) is 18.7 Å².